The van der Waals surface area contributed by atoms with Crippen molar-refractivity contribution in [3.8, 4) is 0 Å². The summed E-state index contributed by atoms with van der Waals surface area (Å²) in [6.45, 7) is 7.12. The molecule has 0 spiro atoms. The first-order valence-corrected chi connectivity index (χ1v) is 7.65. The summed E-state index contributed by atoms with van der Waals surface area (Å²) in [5, 5.41) is 1.06. The Bertz CT molecular complexity index is 427. The van der Waals surface area contributed by atoms with Gasteiger partial charge in [-0.3, -0.25) is 4.79 Å². The molecule has 1 amide bonds. The minimum Gasteiger partial charge on any atom is -0.339 e. The SMILES string of the molecule is CCC1CCCCN1C(=O)Cc1sc(C)nc1C. The summed E-state index contributed by atoms with van der Waals surface area (Å²) in [5.74, 6) is 0.285. The minimum atomic E-state index is 0.285. The number of aryl methyl sites for hydroxylation is 2. The van der Waals surface area contributed by atoms with E-state index in [1.54, 1.807) is 11.3 Å². The van der Waals surface area contributed by atoms with E-state index >= 15 is 0 Å². The molecule has 1 aliphatic rings. The van der Waals surface area contributed by atoms with Crippen LogP contribution in [0.1, 0.15) is 48.2 Å². The van der Waals surface area contributed by atoms with Crippen molar-refractivity contribution in [3.63, 3.8) is 0 Å². The molecule has 1 aliphatic heterocycles. The Hall–Kier alpha value is -0.900. The fraction of sp³-hybridized carbons (Fsp3) is 0.714. The number of hydrogen-bond acceptors (Lipinski definition) is 3. The topological polar surface area (TPSA) is 33.2 Å². The van der Waals surface area contributed by atoms with Crippen LogP contribution in [0.5, 0.6) is 0 Å². The van der Waals surface area contributed by atoms with Crippen LogP contribution < -0.4 is 0 Å². The number of aromatic nitrogens is 1. The number of likely N-dealkylation sites (tertiary alicyclic amines) is 1. The molecule has 1 fully saturated rings. The Kier molecular flexibility index (Phi) is 4.38. The second-order valence-electron chi connectivity index (χ2n) is 5.06. The Labute approximate surface area is 113 Å². The van der Waals surface area contributed by atoms with Gasteiger partial charge in [-0.1, -0.05) is 6.92 Å². The van der Waals surface area contributed by atoms with Crippen LogP contribution in [0, 0.1) is 13.8 Å². The molecule has 0 saturated carbocycles. The highest BCUT2D eigenvalue weighted by Crippen LogP contribution is 2.23. The van der Waals surface area contributed by atoms with Gasteiger partial charge in [0.05, 0.1) is 17.1 Å². The van der Waals surface area contributed by atoms with E-state index in [9.17, 15) is 4.79 Å². The molecule has 100 valence electrons. The number of carbonyl (C=O) groups excluding carboxylic acids is 1. The molecular weight excluding hydrogens is 244 g/mol. The van der Waals surface area contributed by atoms with E-state index < -0.39 is 0 Å². The highest BCUT2D eigenvalue weighted by molar-refractivity contribution is 7.11. The first kappa shape index (κ1) is 13.5. The standard InChI is InChI=1S/C14H22N2OS/c1-4-12-7-5-6-8-16(12)14(17)9-13-10(2)15-11(3)18-13/h12H,4-9H2,1-3H3. The van der Waals surface area contributed by atoms with Gasteiger partial charge in [0.15, 0.2) is 0 Å². The fourth-order valence-electron chi connectivity index (χ4n) is 2.73. The summed E-state index contributed by atoms with van der Waals surface area (Å²) in [7, 11) is 0. The fourth-order valence-corrected chi connectivity index (χ4v) is 3.66. The minimum absolute atomic E-state index is 0.285. The first-order chi connectivity index (χ1) is 8.61. The lowest BCUT2D eigenvalue weighted by Crippen LogP contribution is -2.44. The second-order valence-corrected chi connectivity index (χ2v) is 6.35. The molecule has 1 atom stereocenters. The third-order valence-electron chi connectivity index (χ3n) is 3.73. The maximum atomic E-state index is 12.4. The summed E-state index contributed by atoms with van der Waals surface area (Å²) in [4.78, 5) is 20.0. The van der Waals surface area contributed by atoms with Crippen molar-refractivity contribution in [3.05, 3.63) is 15.6 Å². The Morgan fingerprint density at radius 2 is 2.22 bits per heavy atom. The van der Waals surface area contributed by atoms with Crippen LogP contribution in [0.15, 0.2) is 0 Å². The molecule has 0 aliphatic carbocycles. The maximum absolute atomic E-state index is 12.4. The summed E-state index contributed by atoms with van der Waals surface area (Å²) in [5.41, 5.74) is 1.02. The van der Waals surface area contributed by atoms with Crippen LogP contribution in [0.2, 0.25) is 0 Å². The molecule has 2 rings (SSSR count). The van der Waals surface area contributed by atoms with Crippen LogP contribution >= 0.6 is 11.3 Å². The third kappa shape index (κ3) is 2.91. The van der Waals surface area contributed by atoms with Gasteiger partial charge >= 0.3 is 0 Å². The van der Waals surface area contributed by atoms with Crippen LogP contribution in [-0.2, 0) is 11.2 Å². The Morgan fingerprint density at radius 1 is 1.44 bits per heavy atom. The predicted molar refractivity (Wildman–Crippen MR) is 74.9 cm³/mol. The van der Waals surface area contributed by atoms with Crippen molar-refractivity contribution in [2.75, 3.05) is 6.54 Å². The zero-order valence-corrected chi connectivity index (χ0v) is 12.3. The van der Waals surface area contributed by atoms with Crippen molar-refractivity contribution < 1.29 is 4.79 Å². The van der Waals surface area contributed by atoms with E-state index in [0.717, 1.165) is 35.0 Å². The highest BCUT2D eigenvalue weighted by atomic mass is 32.1. The van der Waals surface area contributed by atoms with Gasteiger partial charge in [-0.05, 0) is 39.5 Å². The summed E-state index contributed by atoms with van der Waals surface area (Å²) < 4.78 is 0. The van der Waals surface area contributed by atoms with E-state index in [1.807, 2.05) is 13.8 Å². The molecule has 0 N–H and O–H groups in total. The lowest BCUT2D eigenvalue weighted by Gasteiger charge is -2.35. The third-order valence-corrected chi connectivity index (χ3v) is 4.80. The van der Waals surface area contributed by atoms with Crippen molar-refractivity contribution in [2.24, 2.45) is 0 Å². The van der Waals surface area contributed by atoms with Gasteiger partial charge < -0.3 is 4.90 Å². The van der Waals surface area contributed by atoms with Crippen LogP contribution in [0.3, 0.4) is 0 Å². The van der Waals surface area contributed by atoms with E-state index in [-0.39, 0.29) is 5.91 Å². The predicted octanol–water partition coefficient (Wildman–Crippen LogP) is 3.09. The molecule has 3 nitrogen and oxygen atoms in total. The number of carbonyl (C=O) groups is 1. The first-order valence-electron chi connectivity index (χ1n) is 6.84. The highest BCUT2D eigenvalue weighted by Gasteiger charge is 2.25. The van der Waals surface area contributed by atoms with Gasteiger partial charge in [0.1, 0.15) is 0 Å². The molecule has 2 heterocycles. The molecule has 4 heteroatoms. The number of hydrogen-bond donors (Lipinski definition) is 0. The van der Waals surface area contributed by atoms with Crippen molar-refractivity contribution in [1.29, 1.82) is 0 Å². The molecule has 0 bridgehead atoms. The van der Waals surface area contributed by atoms with Gasteiger partial charge in [-0.25, -0.2) is 4.98 Å². The molecule has 0 radical (unpaired) electrons. The summed E-state index contributed by atoms with van der Waals surface area (Å²) in [6, 6.07) is 0.459. The Balaban J connectivity index is 2.04. The quantitative estimate of drug-likeness (QED) is 0.842. The summed E-state index contributed by atoms with van der Waals surface area (Å²) in [6.07, 6.45) is 5.20. The molecular formula is C14H22N2OS. The van der Waals surface area contributed by atoms with Gasteiger partial charge in [0.2, 0.25) is 5.91 Å². The van der Waals surface area contributed by atoms with Gasteiger partial charge in [0.25, 0.3) is 0 Å². The number of amides is 1. The monoisotopic (exact) mass is 266 g/mol. The largest absolute Gasteiger partial charge is 0.339 e. The molecule has 18 heavy (non-hydrogen) atoms. The number of piperidine rings is 1. The lowest BCUT2D eigenvalue weighted by molar-refractivity contribution is -0.134. The molecule has 1 saturated heterocycles. The molecule has 1 aromatic rings. The second kappa shape index (κ2) is 5.83. The smallest absolute Gasteiger partial charge is 0.228 e. The lowest BCUT2D eigenvalue weighted by atomic mass is 9.99. The van der Waals surface area contributed by atoms with E-state index in [2.05, 4.69) is 16.8 Å². The Morgan fingerprint density at radius 3 is 2.83 bits per heavy atom. The molecule has 1 aromatic heterocycles. The zero-order chi connectivity index (χ0) is 13.1. The van der Waals surface area contributed by atoms with Crippen molar-refractivity contribution >= 4 is 17.2 Å². The van der Waals surface area contributed by atoms with E-state index in [0.29, 0.717) is 12.5 Å². The van der Waals surface area contributed by atoms with Gasteiger partial charge in [0, 0.05) is 17.5 Å². The number of nitrogens with zero attached hydrogens (tertiary/aromatic N) is 2. The molecule has 1 unspecified atom stereocenters. The average molecular weight is 266 g/mol. The van der Waals surface area contributed by atoms with Crippen LogP contribution in [0.25, 0.3) is 0 Å². The van der Waals surface area contributed by atoms with E-state index in [1.165, 1.54) is 12.8 Å². The number of thiazole rings is 1. The number of rotatable bonds is 3. The van der Waals surface area contributed by atoms with Crippen molar-refractivity contribution in [2.45, 2.75) is 58.9 Å². The van der Waals surface area contributed by atoms with Crippen LogP contribution in [0.4, 0.5) is 0 Å². The van der Waals surface area contributed by atoms with Crippen molar-refractivity contribution in [1.82, 2.24) is 9.88 Å². The van der Waals surface area contributed by atoms with Gasteiger partial charge in [-0.15, -0.1) is 11.3 Å². The molecule has 0 aromatic carbocycles. The normalized spacial score (nSPS) is 20.2. The maximum Gasteiger partial charge on any atom is 0.228 e. The average Bonchev–Trinajstić information content (AvgIpc) is 2.67. The van der Waals surface area contributed by atoms with Crippen LogP contribution in [-0.4, -0.2) is 28.4 Å². The van der Waals surface area contributed by atoms with E-state index in [4.69, 9.17) is 0 Å². The zero-order valence-electron chi connectivity index (χ0n) is 11.5. The summed E-state index contributed by atoms with van der Waals surface area (Å²) >= 11 is 1.66. The van der Waals surface area contributed by atoms with Gasteiger partial charge in [-0.2, -0.15) is 0 Å².